The first-order valence-electron chi connectivity index (χ1n) is 9.38. The van der Waals surface area contributed by atoms with Gasteiger partial charge in [0.05, 0.1) is 5.52 Å². The minimum absolute atomic E-state index is 0.0902. The fourth-order valence-corrected chi connectivity index (χ4v) is 3.48. The third kappa shape index (κ3) is 5.48. The smallest absolute Gasteiger partial charge is 0.410 e. The largest absolute Gasteiger partial charge is 0.490 e. The Kier molecular flexibility index (Phi) is 6.09. The first-order chi connectivity index (χ1) is 12.8. The van der Waals surface area contributed by atoms with Crippen LogP contribution >= 0.6 is 11.8 Å². The Morgan fingerprint density at radius 2 is 2.04 bits per heavy atom. The van der Waals surface area contributed by atoms with Gasteiger partial charge in [0.15, 0.2) is 5.16 Å². The fraction of sp³-hybridized carbons (Fsp3) is 0.550. The molecule has 1 amide bonds. The molecule has 27 heavy (non-hydrogen) atoms. The number of hydrogen-bond acceptors (Lipinski definition) is 6. The second kappa shape index (κ2) is 8.33. The van der Waals surface area contributed by atoms with Crippen molar-refractivity contribution in [2.75, 3.05) is 18.8 Å². The van der Waals surface area contributed by atoms with Crippen molar-refractivity contribution in [1.29, 1.82) is 0 Å². The lowest BCUT2D eigenvalue weighted by Crippen LogP contribution is -2.44. The first-order valence-corrected chi connectivity index (χ1v) is 10.4. The highest BCUT2D eigenvalue weighted by atomic mass is 32.2. The molecule has 0 radical (unpaired) electrons. The highest BCUT2D eigenvalue weighted by molar-refractivity contribution is 7.99. The number of carbonyl (C=O) groups excluding carboxylic acids is 1. The van der Waals surface area contributed by atoms with Crippen LogP contribution in [0.2, 0.25) is 0 Å². The number of hydrogen-bond donors (Lipinski definition) is 0. The SMILES string of the molecule is CCSc1ncc2ccc(OC3CCN(C(=O)OC(C)(C)C)CC3)cc2n1. The molecule has 0 N–H and O–H groups in total. The summed E-state index contributed by atoms with van der Waals surface area (Å²) in [4.78, 5) is 22.9. The van der Waals surface area contributed by atoms with Gasteiger partial charge in [-0.1, -0.05) is 18.7 Å². The van der Waals surface area contributed by atoms with Crippen LogP contribution in [0.3, 0.4) is 0 Å². The summed E-state index contributed by atoms with van der Waals surface area (Å²) in [6, 6.07) is 5.91. The summed E-state index contributed by atoms with van der Waals surface area (Å²) < 4.78 is 11.6. The molecule has 0 bridgehead atoms. The maximum absolute atomic E-state index is 12.2. The number of thioether (sulfide) groups is 1. The van der Waals surface area contributed by atoms with Gasteiger partial charge >= 0.3 is 6.09 Å². The van der Waals surface area contributed by atoms with E-state index in [2.05, 4.69) is 16.9 Å². The van der Waals surface area contributed by atoms with E-state index in [1.54, 1.807) is 16.7 Å². The Bertz CT molecular complexity index is 799. The summed E-state index contributed by atoms with van der Waals surface area (Å²) in [6.07, 6.45) is 3.27. The van der Waals surface area contributed by atoms with Gasteiger partial charge in [0.25, 0.3) is 0 Å². The predicted molar refractivity (Wildman–Crippen MR) is 107 cm³/mol. The molecule has 0 aliphatic carbocycles. The van der Waals surface area contributed by atoms with E-state index in [9.17, 15) is 4.79 Å². The number of fused-ring (bicyclic) bond motifs is 1. The second-order valence-corrected chi connectivity index (χ2v) is 8.82. The molecule has 6 nitrogen and oxygen atoms in total. The van der Waals surface area contributed by atoms with Gasteiger partial charge in [-0.15, -0.1) is 0 Å². The standard InChI is InChI=1S/C20H27N3O3S/c1-5-27-18-21-13-14-6-7-16(12-17(14)22-18)25-15-8-10-23(11-9-15)19(24)26-20(2,3)4/h6-7,12-13,15H,5,8-11H2,1-4H3. The maximum atomic E-state index is 12.2. The van der Waals surface area contributed by atoms with Crippen LogP contribution in [0.5, 0.6) is 5.75 Å². The summed E-state index contributed by atoms with van der Waals surface area (Å²) >= 11 is 1.63. The van der Waals surface area contributed by atoms with Crippen LogP contribution in [0.25, 0.3) is 10.9 Å². The van der Waals surface area contributed by atoms with E-state index in [1.807, 2.05) is 45.2 Å². The molecule has 2 aromatic rings. The summed E-state index contributed by atoms with van der Waals surface area (Å²) in [7, 11) is 0. The van der Waals surface area contributed by atoms with Gasteiger partial charge in [0.1, 0.15) is 17.5 Å². The summed E-state index contributed by atoms with van der Waals surface area (Å²) in [5.41, 5.74) is 0.427. The van der Waals surface area contributed by atoms with Crippen molar-refractivity contribution >= 4 is 28.8 Å². The number of ether oxygens (including phenoxy) is 2. The highest BCUT2D eigenvalue weighted by Crippen LogP contribution is 2.25. The molecule has 146 valence electrons. The molecule has 0 saturated carbocycles. The molecule has 1 fully saturated rings. The Labute approximate surface area is 164 Å². The number of carbonyl (C=O) groups is 1. The minimum Gasteiger partial charge on any atom is -0.490 e. The predicted octanol–water partition coefficient (Wildman–Crippen LogP) is 4.52. The zero-order valence-corrected chi connectivity index (χ0v) is 17.2. The van der Waals surface area contributed by atoms with Crippen molar-refractivity contribution in [3.8, 4) is 5.75 Å². The third-order valence-electron chi connectivity index (χ3n) is 4.20. The van der Waals surface area contributed by atoms with Crippen LogP contribution < -0.4 is 4.74 Å². The number of likely N-dealkylation sites (tertiary alicyclic amines) is 1. The van der Waals surface area contributed by atoms with Gasteiger partial charge in [-0.2, -0.15) is 0 Å². The Balaban J connectivity index is 1.59. The molecule has 2 heterocycles. The number of amides is 1. The Morgan fingerprint density at radius 1 is 1.30 bits per heavy atom. The quantitative estimate of drug-likeness (QED) is 0.566. The number of aromatic nitrogens is 2. The van der Waals surface area contributed by atoms with Crippen LogP contribution in [0.1, 0.15) is 40.5 Å². The van der Waals surface area contributed by atoms with Crippen molar-refractivity contribution in [3.63, 3.8) is 0 Å². The average molecular weight is 390 g/mol. The van der Waals surface area contributed by atoms with Crippen molar-refractivity contribution < 1.29 is 14.3 Å². The Hall–Kier alpha value is -2.02. The van der Waals surface area contributed by atoms with E-state index in [1.165, 1.54) is 0 Å². The van der Waals surface area contributed by atoms with Crippen molar-refractivity contribution in [3.05, 3.63) is 24.4 Å². The molecular weight excluding hydrogens is 362 g/mol. The van der Waals surface area contributed by atoms with Gasteiger partial charge in [-0.25, -0.2) is 14.8 Å². The van der Waals surface area contributed by atoms with Gasteiger partial charge in [0, 0.05) is 43.6 Å². The van der Waals surface area contributed by atoms with Gasteiger partial charge in [-0.05, 0) is 38.7 Å². The lowest BCUT2D eigenvalue weighted by Gasteiger charge is -2.33. The van der Waals surface area contributed by atoms with E-state index < -0.39 is 5.60 Å². The lowest BCUT2D eigenvalue weighted by molar-refractivity contribution is 0.0127. The summed E-state index contributed by atoms with van der Waals surface area (Å²) in [5, 5.41) is 1.79. The van der Waals surface area contributed by atoms with Crippen LogP contribution in [0.15, 0.2) is 29.6 Å². The zero-order valence-electron chi connectivity index (χ0n) is 16.4. The lowest BCUT2D eigenvalue weighted by atomic mass is 10.1. The van der Waals surface area contributed by atoms with Crippen molar-refractivity contribution in [2.45, 2.75) is 57.4 Å². The topological polar surface area (TPSA) is 64.5 Å². The van der Waals surface area contributed by atoms with Crippen LogP contribution in [0.4, 0.5) is 4.79 Å². The first kappa shape index (κ1) is 19.7. The van der Waals surface area contributed by atoms with Crippen LogP contribution in [-0.4, -0.2) is 51.5 Å². The molecule has 1 aromatic carbocycles. The molecule has 0 atom stereocenters. The van der Waals surface area contributed by atoms with Crippen molar-refractivity contribution in [2.24, 2.45) is 0 Å². The maximum Gasteiger partial charge on any atom is 0.410 e. The molecular formula is C20H27N3O3S. The minimum atomic E-state index is -0.466. The third-order valence-corrected chi connectivity index (χ3v) is 4.95. The molecule has 1 aliphatic rings. The molecule has 1 saturated heterocycles. The van der Waals surface area contributed by atoms with E-state index in [0.717, 1.165) is 40.4 Å². The summed E-state index contributed by atoms with van der Waals surface area (Å²) in [6.45, 7) is 9.03. The monoisotopic (exact) mass is 389 g/mol. The molecule has 0 spiro atoms. The van der Waals surface area contributed by atoms with Gasteiger partial charge < -0.3 is 14.4 Å². The second-order valence-electron chi connectivity index (χ2n) is 7.59. The van der Waals surface area contributed by atoms with Crippen LogP contribution in [0, 0.1) is 0 Å². The average Bonchev–Trinajstić information content (AvgIpc) is 2.61. The summed E-state index contributed by atoms with van der Waals surface area (Å²) in [5.74, 6) is 1.75. The number of rotatable bonds is 4. The molecule has 7 heteroatoms. The Morgan fingerprint density at radius 3 is 2.70 bits per heavy atom. The molecule has 1 aliphatic heterocycles. The normalized spacial score (nSPS) is 15.8. The van der Waals surface area contributed by atoms with Gasteiger partial charge in [-0.3, -0.25) is 0 Å². The van der Waals surface area contributed by atoms with E-state index in [4.69, 9.17) is 9.47 Å². The number of nitrogens with zero attached hydrogens (tertiary/aromatic N) is 3. The van der Waals surface area contributed by atoms with E-state index in [0.29, 0.717) is 13.1 Å². The van der Waals surface area contributed by atoms with Crippen molar-refractivity contribution in [1.82, 2.24) is 14.9 Å². The molecule has 3 rings (SSSR count). The zero-order chi connectivity index (χ0) is 19.4. The highest BCUT2D eigenvalue weighted by Gasteiger charge is 2.27. The van der Waals surface area contributed by atoms with Gasteiger partial charge in [0.2, 0.25) is 0 Å². The fourth-order valence-electron chi connectivity index (χ4n) is 2.93. The molecule has 0 unspecified atom stereocenters. The van der Waals surface area contributed by atoms with Crippen LogP contribution in [-0.2, 0) is 4.74 Å². The number of benzene rings is 1. The molecule has 1 aromatic heterocycles. The van der Waals surface area contributed by atoms with E-state index >= 15 is 0 Å². The number of piperidine rings is 1. The van der Waals surface area contributed by atoms with E-state index in [-0.39, 0.29) is 12.2 Å².